The molecule has 0 bridgehead atoms. The number of hydrogen-bond donors (Lipinski definition) is 1. The number of rotatable bonds is 8. The summed E-state index contributed by atoms with van der Waals surface area (Å²) in [6.07, 6.45) is 3.33. The first-order valence-electron chi connectivity index (χ1n) is 8.80. The summed E-state index contributed by atoms with van der Waals surface area (Å²) in [7, 11) is 2.81. The third-order valence-corrected chi connectivity index (χ3v) is 4.34. The number of hydrogen-bond acceptors (Lipinski definition) is 6. The Morgan fingerprint density at radius 1 is 1.14 bits per heavy atom. The zero-order valence-corrected chi connectivity index (χ0v) is 16.6. The van der Waals surface area contributed by atoms with Crippen LogP contribution in [-0.4, -0.2) is 31.6 Å². The molecule has 0 saturated heterocycles. The third-order valence-electron chi connectivity index (χ3n) is 4.34. The highest BCUT2D eigenvalue weighted by atomic mass is 16.5. The normalized spacial score (nSPS) is 11.5. The van der Waals surface area contributed by atoms with Gasteiger partial charge in [0, 0.05) is 12.6 Å². The summed E-state index contributed by atoms with van der Waals surface area (Å²) in [6, 6.07) is 11.4. The molecule has 0 saturated carbocycles. The number of ether oxygens (including phenoxy) is 3. The Bertz CT molecular complexity index is 886. The van der Waals surface area contributed by atoms with Crippen LogP contribution >= 0.6 is 0 Å². The largest absolute Gasteiger partial charge is 0.503 e. The standard InChI is InChI=1S/C22H25NO5/c1-15-11-17(9-10-23-25)16(2)21(12-15)28-13-18-7-5-6-8-19(18)20(14-26-3)22(24)27-4/h5-8,10-12,14,25H,9,13H2,1-4H3/b20-14+,23-10?. The molecule has 28 heavy (non-hydrogen) atoms. The van der Waals surface area contributed by atoms with E-state index >= 15 is 0 Å². The van der Waals surface area contributed by atoms with Gasteiger partial charge in [-0.2, -0.15) is 0 Å². The molecule has 2 rings (SSSR count). The highest BCUT2D eigenvalue weighted by Crippen LogP contribution is 2.27. The molecule has 0 fully saturated rings. The van der Waals surface area contributed by atoms with E-state index in [0.29, 0.717) is 17.6 Å². The summed E-state index contributed by atoms with van der Waals surface area (Å²) < 4.78 is 16.0. The first-order chi connectivity index (χ1) is 13.5. The van der Waals surface area contributed by atoms with Crippen molar-refractivity contribution in [3.8, 4) is 5.75 Å². The number of aryl methyl sites for hydroxylation is 1. The molecule has 0 aliphatic carbocycles. The number of methoxy groups -OCH3 is 2. The maximum atomic E-state index is 12.1. The molecule has 0 unspecified atom stereocenters. The molecule has 2 aromatic rings. The van der Waals surface area contributed by atoms with Crippen LogP contribution in [0.25, 0.3) is 5.57 Å². The van der Waals surface area contributed by atoms with Gasteiger partial charge in [0.05, 0.1) is 20.5 Å². The summed E-state index contributed by atoms with van der Waals surface area (Å²) >= 11 is 0. The van der Waals surface area contributed by atoms with E-state index in [1.54, 1.807) is 0 Å². The molecule has 1 N–H and O–H groups in total. The highest BCUT2D eigenvalue weighted by molar-refractivity contribution is 6.16. The fourth-order valence-electron chi connectivity index (χ4n) is 2.91. The number of nitrogens with zero attached hydrogens (tertiary/aromatic N) is 1. The Kier molecular flexibility index (Phi) is 7.63. The summed E-state index contributed by atoms with van der Waals surface area (Å²) in [5.41, 5.74) is 4.89. The lowest BCUT2D eigenvalue weighted by atomic mass is 10.0. The fourth-order valence-corrected chi connectivity index (χ4v) is 2.91. The first-order valence-corrected chi connectivity index (χ1v) is 8.80. The third kappa shape index (κ3) is 5.13. The van der Waals surface area contributed by atoms with Gasteiger partial charge in [0.25, 0.3) is 0 Å². The van der Waals surface area contributed by atoms with Crippen molar-refractivity contribution in [3.63, 3.8) is 0 Å². The van der Waals surface area contributed by atoms with E-state index in [-0.39, 0.29) is 6.61 Å². The van der Waals surface area contributed by atoms with Crippen molar-refractivity contribution in [2.24, 2.45) is 5.16 Å². The van der Waals surface area contributed by atoms with E-state index in [1.165, 1.54) is 26.7 Å². The zero-order valence-electron chi connectivity index (χ0n) is 16.6. The molecule has 0 spiro atoms. The van der Waals surface area contributed by atoms with Crippen LogP contribution in [-0.2, 0) is 27.3 Å². The second kappa shape index (κ2) is 10.2. The van der Waals surface area contributed by atoms with Gasteiger partial charge >= 0.3 is 5.97 Å². The van der Waals surface area contributed by atoms with E-state index in [9.17, 15) is 4.79 Å². The number of carbonyl (C=O) groups is 1. The lowest BCUT2D eigenvalue weighted by Crippen LogP contribution is -2.09. The maximum absolute atomic E-state index is 12.1. The minimum absolute atomic E-state index is 0.270. The van der Waals surface area contributed by atoms with Crippen molar-refractivity contribution in [3.05, 3.63) is 70.5 Å². The molecule has 148 valence electrons. The van der Waals surface area contributed by atoms with Gasteiger partial charge in [0.2, 0.25) is 0 Å². The van der Waals surface area contributed by atoms with E-state index in [2.05, 4.69) is 5.16 Å². The van der Waals surface area contributed by atoms with Crippen molar-refractivity contribution >= 4 is 17.8 Å². The van der Waals surface area contributed by atoms with E-state index in [4.69, 9.17) is 19.4 Å². The second-order valence-corrected chi connectivity index (χ2v) is 6.25. The fraction of sp³-hybridized carbons (Fsp3) is 0.273. The molecular formula is C22H25NO5. The van der Waals surface area contributed by atoms with Crippen LogP contribution in [0.5, 0.6) is 5.75 Å². The minimum atomic E-state index is -0.480. The zero-order chi connectivity index (χ0) is 20.5. The minimum Gasteiger partial charge on any atom is -0.503 e. The summed E-state index contributed by atoms with van der Waals surface area (Å²) in [5, 5.41) is 11.8. The van der Waals surface area contributed by atoms with Crippen molar-refractivity contribution in [2.75, 3.05) is 14.2 Å². The number of benzene rings is 2. The first kappa shape index (κ1) is 21.0. The van der Waals surface area contributed by atoms with Crippen LogP contribution < -0.4 is 4.74 Å². The molecule has 0 heterocycles. The van der Waals surface area contributed by atoms with Gasteiger partial charge in [-0.05, 0) is 47.7 Å². The predicted molar refractivity (Wildman–Crippen MR) is 108 cm³/mol. The Labute approximate surface area is 165 Å². The van der Waals surface area contributed by atoms with Crippen LogP contribution in [0.1, 0.15) is 27.8 Å². The van der Waals surface area contributed by atoms with E-state index in [1.807, 2.05) is 50.2 Å². The molecule has 2 aromatic carbocycles. The summed E-state index contributed by atoms with van der Waals surface area (Å²) in [5.74, 6) is 0.262. The quantitative estimate of drug-likeness (QED) is 0.186. The predicted octanol–water partition coefficient (Wildman–Crippen LogP) is 4.05. The Hall–Kier alpha value is -3.28. The summed E-state index contributed by atoms with van der Waals surface area (Å²) in [6.45, 7) is 4.22. The average Bonchev–Trinajstić information content (AvgIpc) is 2.71. The Balaban J connectivity index is 2.33. The van der Waals surface area contributed by atoms with Crippen molar-refractivity contribution < 1.29 is 24.2 Å². The number of esters is 1. The van der Waals surface area contributed by atoms with E-state index in [0.717, 1.165) is 28.0 Å². The molecule has 0 radical (unpaired) electrons. The van der Waals surface area contributed by atoms with Crippen LogP contribution in [0, 0.1) is 13.8 Å². The maximum Gasteiger partial charge on any atom is 0.341 e. The van der Waals surface area contributed by atoms with Crippen LogP contribution in [0.3, 0.4) is 0 Å². The van der Waals surface area contributed by atoms with Crippen LogP contribution in [0.4, 0.5) is 0 Å². The highest BCUT2D eigenvalue weighted by Gasteiger charge is 2.17. The van der Waals surface area contributed by atoms with E-state index < -0.39 is 5.97 Å². The Morgan fingerprint density at radius 3 is 2.57 bits per heavy atom. The molecule has 6 nitrogen and oxygen atoms in total. The molecule has 0 amide bonds. The number of oxime groups is 1. The molecule has 0 aliphatic rings. The van der Waals surface area contributed by atoms with Crippen molar-refractivity contribution in [1.29, 1.82) is 0 Å². The second-order valence-electron chi connectivity index (χ2n) is 6.25. The topological polar surface area (TPSA) is 77.4 Å². The lowest BCUT2D eigenvalue weighted by molar-refractivity contribution is -0.133. The monoisotopic (exact) mass is 383 g/mol. The molecule has 0 aromatic heterocycles. The Morgan fingerprint density at radius 2 is 1.89 bits per heavy atom. The van der Waals surface area contributed by atoms with Gasteiger partial charge in [-0.3, -0.25) is 0 Å². The van der Waals surface area contributed by atoms with Gasteiger partial charge < -0.3 is 19.4 Å². The van der Waals surface area contributed by atoms with Gasteiger partial charge in [0.15, 0.2) is 0 Å². The molecule has 6 heteroatoms. The average molecular weight is 383 g/mol. The molecule has 0 atom stereocenters. The SMILES string of the molecule is CO/C=C(/C(=O)OC)c1ccccc1COc1cc(C)cc(CC=NO)c1C. The van der Waals surface area contributed by atoms with Gasteiger partial charge in [-0.15, -0.1) is 5.16 Å². The van der Waals surface area contributed by atoms with Gasteiger partial charge in [-0.25, -0.2) is 4.79 Å². The molecular weight excluding hydrogens is 358 g/mol. The lowest BCUT2D eigenvalue weighted by Gasteiger charge is -2.16. The number of carbonyl (C=O) groups excluding carboxylic acids is 1. The smallest absolute Gasteiger partial charge is 0.341 e. The van der Waals surface area contributed by atoms with Gasteiger partial charge in [-0.1, -0.05) is 30.3 Å². The van der Waals surface area contributed by atoms with Crippen LogP contribution in [0.2, 0.25) is 0 Å². The van der Waals surface area contributed by atoms with Crippen LogP contribution in [0.15, 0.2) is 47.8 Å². The summed E-state index contributed by atoms with van der Waals surface area (Å²) in [4.78, 5) is 12.1. The molecule has 0 aliphatic heterocycles. The van der Waals surface area contributed by atoms with Crippen molar-refractivity contribution in [2.45, 2.75) is 26.9 Å². The van der Waals surface area contributed by atoms with Gasteiger partial charge in [0.1, 0.15) is 17.9 Å². The van der Waals surface area contributed by atoms with Crippen molar-refractivity contribution in [1.82, 2.24) is 0 Å².